The minimum absolute atomic E-state index is 0.185. The number of phenolic OH excluding ortho intramolecular Hbond substituents is 1. The molecule has 0 saturated heterocycles. The molecule has 0 aliphatic heterocycles. The van der Waals surface area contributed by atoms with Crippen molar-refractivity contribution in [2.45, 2.75) is 26.8 Å². The molecular formula is C17H19N3O2S. The number of aromatic nitrogens is 2. The fraction of sp³-hybridized carbons (Fsp3) is 0.294. The van der Waals surface area contributed by atoms with Crippen LogP contribution in [0.4, 0.5) is 5.13 Å². The highest BCUT2D eigenvalue weighted by Crippen LogP contribution is 2.33. The van der Waals surface area contributed by atoms with Crippen molar-refractivity contribution in [2.75, 3.05) is 11.9 Å². The number of fused-ring (bicyclic) bond motifs is 1. The van der Waals surface area contributed by atoms with Crippen LogP contribution in [0.1, 0.15) is 20.8 Å². The molecule has 2 aromatic heterocycles. The van der Waals surface area contributed by atoms with Crippen LogP contribution in [0, 0.1) is 0 Å². The van der Waals surface area contributed by atoms with E-state index in [0.29, 0.717) is 18.2 Å². The van der Waals surface area contributed by atoms with E-state index >= 15 is 0 Å². The quantitative estimate of drug-likeness (QED) is 0.731. The van der Waals surface area contributed by atoms with Gasteiger partial charge in [0.05, 0.1) is 17.8 Å². The second-order valence-corrected chi connectivity index (χ2v) is 6.34. The molecule has 0 fully saturated rings. The minimum atomic E-state index is 0.185. The first-order valence-corrected chi connectivity index (χ1v) is 8.43. The van der Waals surface area contributed by atoms with E-state index in [2.05, 4.69) is 29.1 Å². The highest BCUT2D eigenvalue weighted by molar-refractivity contribution is 7.14. The fourth-order valence-electron chi connectivity index (χ4n) is 2.30. The Morgan fingerprint density at radius 1 is 1.22 bits per heavy atom. The SMILES string of the molecule is CCOc1cc(-c2csc(NC(C)C)n2)nc2cc(O)ccc12. The van der Waals surface area contributed by atoms with Crippen LogP contribution in [0.5, 0.6) is 11.5 Å². The Bertz CT molecular complexity index is 830. The molecule has 1 aromatic carbocycles. The molecule has 5 nitrogen and oxygen atoms in total. The molecule has 0 aliphatic carbocycles. The van der Waals surface area contributed by atoms with Crippen LogP contribution in [0.25, 0.3) is 22.3 Å². The van der Waals surface area contributed by atoms with Crippen molar-refractivity contribution < 1.29 is 9.84 Å². The summed E-state index contributed by atoms with van der Waals surface area (Å²) in [6.07, 6.45) is 0. The van der Waals surface area contributed by atoms with Crippen molar-refractivity contribution in [3.05, 3.63) is 29.6 Å². The molecule has 23 heavy (non-hydrogen) atoms. The van der Waals surface area contributed by atoms with Crippen molar-refractivity contribution in [3.8, 4) is 22.9 Å². The van der Waals surface area contributed by atoms with Crippen LogP contribution in [0.3, 0.4) is 0 Å². The zero-order chi connectivity index (χ0) is 16.4. The normalized spacial score (nSPS) is 11.1. The highest BCUT2D eigenvalue weighted by Gasteiger charge is 2.12. The number of nitrogens with one attached hydrogen (secondary N) is 1. The molecule has 6 heteroatoms. The zero-order valence-corrected chi connectivity index (χ0v) is 14.1. The smallest absolute Gasteiger partial charge is 0.183 e. The number of pyridine rings is 1. The largest absolute Gasteiger partial charge is 0.508 e. The van der Waals surface area contributed by atoms with Gasteiger partial charge in [0.25, 0.3) is 0 Å². The molecule has 120 valence electrons. The monoisotopic (exact) mass is 329 g/mol. The lowest BCUT2D eigenvalue weighted by Crippen LogP contribution is -2.09. The van der Waals surface area contributed by atoms with Gasteiger partial charge in [-0.3, -0.25) is 0 Å². The van der Waals surface area contributed by atoms with Crippen LogP contribution in [-0.2, 0) is 0 Å². The van der Waals surface area contributed by atoms with Gasteiger partial charge >= 0.3 is 0 Å². The van der Waals surface area contributed by atoms with Gasteiger partial charge in [-0.05, 0) is 32.9 Å². The number of ether oxygens (including phenoxy) is 1. The van der Waals surface area contributed by atoms with Gasteiger partial charge < -0.3 is 15.2 Å². The van der Waals surface area contributed by atoms with Crippen LogP contribution in [0.2, 0.25) is 0 Å². The topological polar surface area (TPSA) is 67.3 Å². The van der Waals surface area contributed by atoms with Gasteiger partial charge in [0, 0.05) is 28.9 Å². The van der Waals surface area contributed by atoms with Crippen LogP contribution in [-0.4, -0.2) is 27.7 Å². The van der Waals surface area contributed by atoms with Gasteiger partial charge in [-0.25, -0.2) is 9.97 Å². The maximum Gasteiger partial charge on any atom is 0.183 e. The minimum Gasteiger partial charge on any atom is -0.508 e. The molecule has 2 heterocycles. The molecule has 0 unspecified atom stereocenters. The Balaban J connectivity index is 2.08. The fourth-order valence-corrected chi connectivity index (χ4v) is 3.15. The van der Waals surface area contributed by atoms with E-state index in [9.17, 15) is 5.11 Å². The Hall–Kier alpha value is -2.34. The number of phenols is 1. The van der Waals surface area contributed by atoms with E-state index < -0.39 is 0 Å². The first kappa shape index (κ1) is 15.6. The molecule has 0 amide bonds. The van der Waals surface area contributed by atoms with Gasteiger partial charge in [-0.1, -0.05) is 0 Å². The van der Waals surface area contributed by atoms with E-state index in [1.54, 1.807) is 23.5 Å². The average Bonchev–Trinajstić information content (AvgIpc) is 2.94. The number of thiazole rings is 1. The maximum atomic E-state index is 9.71. The van der Waals surface area contributed by atoms with Crippen LogP contribution < -0.4 is 10.1 Å². The van der Waals surface area contributed by atoms with E-state index in [1.165, 1.54) is 0 Å². The van der Waals surface area contributed by atoms with E-state index in [1.807, 2.05) is 24.4 Å². The van der Waals surface area contributed by atoms with E-state index in [-0.39, 0.29) is 5.75 Å². The summed E-state index contributed by atoms with van der Waals surface area (Å²) in [6, 6.07) is 7.33. The molecule has 0 aliphatic rings. The summed E-state index contributed by atoms with van der Waals surface area (Å²) in [5, 5.41) is 16.7. The van der Waals surface area contributed by atoms with Gasteiger partial charge in [-0.15, -0.1) is 11.3 Å². The third kappa shape index (κ3) is 3.37. The first-order valence-electron chi connectivity index (χ1n) is 7.56. The summed E-state index contributed by atoms with van der Waals surface area (Å²) >= 11 is 1.55. The van der Waals surface area contributed by atoms with Gasteiger partial charge in [0.1, 0.15) is 17.2 Å². The molecule has 3 rings (SSSR count). The zero-order valence-electron chi connectivity index (χ0n) is 13.3. The van der Waals surface area contributed by atoms with Gasteiger partial charge in [-0.2, -0.15) is 0 Å². The summed E-state index contributed by atoms with van der Waals surface area (Å²) in [6.45, 7) is 6.66. The number of nitrogens with zero attached hydrogens (tertiary/aromatic N) is 2. The lowest BCUT2D eigenvalue weighted by atomic mass is 10.1. The molecular weight excluding hydrogens is 310 g/mol. The van der Waals surface area contributed by atoms with Crippen LogP contribution >= 0.6 is 11.3 Å². The molecule has 0 spiro atoms. The van der Waals surface area contributed by atoms with Gasteiger partial charge in [0.2, 0.25) is 0 Å². The number of benzene rings is 1. The molecule has 0 saturated carbocycles. The number of hydrogen-bond donors (Lipinski definition) is 2. The molecule has 0 atom stereocenters. The average molecular weight is 329 g/mol. The summed E-state index contributed by atoms with van der Waals surface area (Å²) < 4.78 is 5.73. The predicted octanol–water partition coefficient (Wildman–Crippen LogP) is 4.28. The third-order valence-electron chi connectivity index (χ3n) is 3.23. The van der Waals surface area contributed by atoms with Crippen molar-refractivity contribution in [1.29, 1.82) is 0 Å². The second kappa shape index (κ2) is 6.42. The Morgan fingerprint density at radius 2 is 2.04 bits per heavy atom. The molecule has 3 aromatic rings. The summed E-state index contributed by atoms with van der Waals surface area (Å²) in [4.78, 5) is 9.20. The Kier molecular flexibility index (Phi) is 4.34. The van der Waals surface area contributed by atoms with Crippen molar-refractivity contribution in [3.63, 3.8) is 0 Å². The molecule has 0 bridgehead atoms. The van der Waals surface area contributed by atoms with E-state index in [0.717, 1.165) is 27.7 Å². The van der Waals surface area contributed by atoms with Crippen molar-refractivity contribution in [2.24, 2.45) is 0 Å². The first-order chi connectivity index (χ1) is 11.1. The number of aromatic hydroxyl groups is 1. The molecule has 2 N–H and O–H groups in total. The highest BCUT2D eigenvalue weighted by atomic mass is 32.1. The van der Waals surface area contributed by atoms with Crippen LogP contribution in [0.15, 0.2) is 29.6 Å². The summed E-state index contributed by atoms with van der Waals surface area (Å²) in [5.41, 5.74) is 2.22. The number of hydrogen-bond acceptors (Lipinski definition) is 6. The number of rotatable bonds is 5. The summed E-state index contributed by atoms with van der Waals surface area (Å²) in [7, 11) is 0. The van der Waals surface area contributed by atoms with Crippen molar-refractivity contribution in [1.82, 2.24) is 9.97 Å². The predicted molar refractivity (Wildman–Crippen MR) is 94.4 cm³/mol. The van der Waals surface area contributed by atoms with Crippen molar-refractivity contribution >= 4 is 27.4 Å². The summed E-state index contributed by atoms with van der Waals surface area (Å²) in [5.74, 6) is 0.934. The Labute approximate surface area is 139 Å². The molecule has 0 radical (unpaired) electrons. The Morgan fingerprint density at radius 3 is 2.78 bits per heavy atom. The number of anilines is 1. The van der Waals surface area contributed by atoms with Gasteiger partial charge in [0.15, 0.2) is 5.13 Å². The lowest BCUT2D eigenvalue weighted by Gasteiger charge is -2.09. The lowest BCUT2D eigenvalue weighted by molar-refractivity contribution is 0.344. The standard InChI is InChI=1S/C17H19N3O2S/c1-4-22-16-8-14(15-9-23-17(20-15)18-10(2)3)19-13-7-11(21)5-6-12(13)16/h5-10,21H,4H2,1-3H3,(H,18,20). The van der Waals surface area contributed by atoms with E-state index in [4.69, 9.17) is 4.74 Å². The third-order valence-corrected chi connectivity index (χ3v) is 4.01. The second-order valence-electron chi connectivity index (χ2n) is 5.48. The maximum absolute atomic E-state index is 9.71.